The topological polar surface area (TPSA) is 79.5 Å². The molecule has 2 aromatic carbocycles. The number of carbonyl (C=O) groups excluding carboxylic acids is 1. The molecule has 6 nitrogen and oxygen atoms in total. The lowest BCUT2D eigenvalue weighted by Gasteiger charge is -2.01. The molecular weight excluding hydrogens is 360 g/mol. The zero-order valence-electron chi connectivity index (χ0n) is 14.5. The number of para-hydroxylation sites is 1. The summed E-state index contributed by atoms with van der Waals surface area (Å²) in [6.07, 6.45) is 1.49. The van der Waals surface area contributed by atoms with Crippen molar-refractivity contribution in [3.8, 4) is 11.4 Å². The smallest absolute Gasteiger partial charge is 0.281 e. The molecule has 27 heavy (non-hydrogen) atoms. The molecular formula is C20H16N4O2S. The largest absolute Gasteiger partial charge is 0.508 e. The van der Waals surface area contributed by atoms with Crippen LogP contribution in [0.2, 0.25) is 0 Å². The molecule has 134 valence electrons. The minimum atomic E-state index is -0.286. The number of phenolic OH excluding ortho intramolecular Hbond substituents is 1. The fourth-order valence-electron chi connectivity index (χ4n) is 2.73. The summed E-state index contributed by atoms with van der Waals surface area (Å²) in [5.41, 5.74) is 5.04. The number of hydrogen-bond donors (Lipinski definition) is 2. The summed E-state index contributed by atoms with van der Waals surface area (Å²) in [4.78, 5) is 13.9. The normalized spacial score (nSPS) is 11.3. The van der Waals surface area contributed by atoms with Gasteiger partial charge in [-0.1, -0.05) is 30.3 Å². The van der Waals surface area contributed by atoms with Crippen LogP contribution in [0.1, 0.15) is 20.9 Å². The van der Waals surface area contributed by atoms with Crippen molar-refractivity contribution in [3.05, 3.63) is 76.8 Å². The van der Waals surface area contributed by atoms with Crippen LogP contribution in [-0.2, 0) is 0 Å². The van der Waals surface area contributed by atoms with Crippen LogP contribution >= 0.6 is 11.3 Å². The summed E-state index contributed by atoms with van der Waals surface area (Å²) in [6, 6.07) is 18.3. The van der Waals surface area contributed by atoms with Crippen molar-refractivity contribution in [1.82, 2.24) is 15.2 Å². The molecule has 0 saturated carbocycles. The number of amides is 1. The van der Waals surface area contributed by atoms with Gasteiger partial charge in [0.1, 0.15) is 10.6 Å². The van der Waals surface area contributed by atoms with Crippen LogP contribution in [0, 0.1) is 6.92 Å². The number of phenols is 1. The van der Waals surface area contributed by atoms with E-state index in [1.807, 2.05) is 48.0 Å². The van der Waals surface area contributed by atoms with Gasteiger partial charge in [0, 0.05) is 5.39 Å². The SMILES string of the molecule is Cc1nn(-c2ccccc2)c2sc(C(=O)N/N=C\c3cccc(O)c3)cc12. The number of carbonyl (C=O) groups is 1. The average molecular weight is 376 g/mol. The van der Waals surface area contributed by atoms with E-state index in [1.54, 1.807) is 24.3 Å². The average Bonchev–Trinajstić information content (AvgIpc) is 3.23. The maximum Gasteiger partial charge on any atom is 0.281 e. The van der Waals surface area contributed by atoms with E-state index in [2.05, 4.69) is 15.6 Å². The molecule has 2 aromatic heterocycles. The molecule has 2 heterocycles. The van der Waals surface area contributed by atoms with Crippen molar-refractivity contribution in [3.63, 3.8) is 0 Å². The second-order valence-corrected chi connectivity index (χ2v) is 6.99. The van der Waals surface area contributed by atoms with Crippen molar-refractivity contribution in [1.29, 1.82) is 0 Å². The fourth-order valence-corrected chi connectivity index (χ4v) is 3.80. The number of benzene rings is 2. The van der Waals surface area contributed by atoms with Crippen molar-refractivity contribution in [2.24, 2.45) is 5.10 Å². The summed E-state index contributed by atoms with van der Waals surface area (Å²) >= 11 is 1.37. The molecule has 0 radical (unpaired) electrons. The molecule has 4 rings (SSSR count). The Morgan fingerprint density at radius 2 is 2.00 bits per heavy atom. The van der Waals surface area contributed by atoms with Gasteiger partial charge in [0.25, 0.3) is 5.91 Å². The van der Waals surface area contributed by atoms with Gasteiger partial charge < -0.3 is 5.11 Å². The Morgan fingerprint density at radius 1 is 1.19 bits per heavy atom. The summed E-state index contributed by atoms with van der Waals surface area (Å²) in [6.45, 7) is 1.93. The second kappa shape index (κ2) is 7.05. The molecule has 1 amide bonds. The first-order valence-corrected chi connectivity index (χ1v) is 9.10. The summed E-state index contributed by atoms with van der Waals surface area (Å²) < 4.78 is 1.85. The highest BCUT2D eigenvalue weighted by atomic mass is 32.1. The highest BCUT2D eigenvalue weighted by Gasteiger charge is 2.16. The van der Waals surface area contributed by atoms with Crippen molar-refractivity contribution < 1.29 is 9.90 Å². The maximum atomic E-state index is 12.4. The van der Waals surface area contributed by atoms with Gasteiger partial charge in [-0.25, -0.2) is 10.1 Å². The Bertz CT molecular complexity index is 1150. The number of hydrazone groups is 1. The molecule has 0 aliphatic heterocycles. The second-order valence-electron chi connectivity index (χ2n) is 5.96. The Labute approximate surface area is 159 Å². The van der Waals surface area contributed by atoms with Crippen LogP contribution in [0.5, 0.6) is 5.75 Å². The predicted octanol–water partition coefficient (Wildman–Crippen LogP) is 3.86. The zero-order valence-corrected chi connectivity index (χ0v) is 15.3. The van der Waals surface area contributed by atoms with E-state index >= 15 is 0 Å². The van der Waals surface area contributed by atoms with Gasteiger partial charge in [0.05, 0.1) is 22.5 Å². The van der Waals surface area contributed by atoms with Crippen LogP contribution in [0.25, 0.3) is 15.9 Å². The van der Waals surface area contributed by atoms with Crippen molar-refractivity contribution >= 4 is 33.7 Å². The molecule has 0 aliphatic rings. The Balaban J connectivity index is 1.58. The van der Waals surface area contributed by atoms with E-state index in [4.69, 9.17) is 0 Å². The molecule has 0 bridgehead atoms. The highest BCUT2D eigenvalue weighted by molar-refractivity contribution is 7.20. The van der Waals surface area contributed by atoms with E-state index < -0.39 is 0 Å². The van der Waals surface area contributed by atoms with Gasteiger partial charge >= 0.3 is 0 Å². The van der Waals surface area contributed by atoms with E-state index in [9.17, 15) is 9.90 Å². The lowest BCUT2D eigenvalue weighted by molar-refractivity contribution is 0.0959. The fraction of sp³-hybridized carbons (Fsp3) is 0.0500. The number of aryl methyl sites for hydroxylation is 1. The number of fused-ring (bicyclic) bond motifs is 1. The first-order chi connectivity index (χ1) is 13.1. The molecule has 0 fully saturated rings. The maximum absolute atomic E-state index is 12.4. The van der Waals surface area contributed by atoms with Gasteiger partial charge in [-0.3, -0.25) is 4.79 Å². The van der Waals surface area contributed by atoms with E-state index in [0.29, 0.717) is 10.4 Å². The molecule has 7 heteroatoms. The lowest BCUT2D eigenvalue weighted by Crippen LogP contribution is -2.16. The number of nitrogens with one attached hydrogen (secondary N) is 1. The molecule has 2 N–H and O–H groups in total. The van der Waals surface area contributed by atoms with Gasteiger partial charge in [0.15, 0.2) is 0 Å². The van der Waals surface area contributed by atoms with Gasteiger partial charge in [0.2, 0.25) is 0 Å². The van der Waals surface area contributed by atoms with Crippen LogP contribution < -0.4 is 5.43 Å². The number of aromatic hydroxyl groups is 1. The summed E-state index contributed by atoms with van der Waals surface area (Å²) in [5, 5.41) is 18.9. The Kier molecular flexibility index (Phi) is 4.43. The number of nitrogens with zero attached hydrogens (tertiary/aromatic N) is 3. The van der Waals surface area contributed by atoms with Gasteiger partial charge in [-0.05, 0) is 42.8 Å². The van der Waals surface area contributed by atoms with E-state index in [-0.39, 0.29) is 11.7 Å². The summed E-state index contributed by atoms with van der Waals surface area (Å²) in [5.74, 6) is -0.137. The van der Waals surface area contributed by atoms with Gasteiger partial charge in [-0.15, -0.1) is 11.3 Å². The molecule has 0 atom stereocenters. The van der Waals surface area contributed by atoms with Crippen molar-refractivity contribution in [2.45, 2.75) is 6.92 Å². The molecule has 0 unspecified atom stereocenters. The number of rotatable bonds is 4. The van der Waals surface area contributed by atoms with Crippen LogP contribution in [0.3, 0.4) is 0 Å². The quantitative estimate of drug-likeness (QED) is 0.419. The number of aromatic nitrogens is 2. The zero-order chi connectivity index (χ0) is 18.8. The van der Waals surface area contributed by atoms with Crippen LogP contribution in [0.15, 0.2) is 65.8 Å². The Hall–Kier alpha value is -3.45. The first-order valence-electron chi connectivity index (χ1n) is 8.29. The lowest BCUT2D eigenvalue weighted by atomic mass is 10.2. The number of hydrogen-bond acceptors (Lipinski definition) is 5. The summed E-state index contributed by atoms with van der Waals surface area (Å²) in [7, 11) is 0. The van der Waals surface area contributed by atoms with Crippen molar-refractivity contribution in [2.75, 3.05) is 0 Å². The minimum Gasteiger partial charge on any atom is -0.508 e. The van der Waals surface area contributed by atoms with Crippen LogP contribution in [-0.4, -0.2) is 27.0 Å². The third kappa shape index (κ3) is 3.45. The van der Waals surface area contributed by atoms with E-state index in [1.165, 1.54) is 17.6 Å². The number of thiophene rings is 1. The molecule has 0 spiro atoms. The Morgan fingerprint density at radius 3 is 2.78 bits per heavy atom. The predicted molar refractivity (Wildman–Crippen MR) is 107 cm³/mol. The molecule has 4 aromatic rings. The molecule has 0 saturated heterocycles. The highest BCUT2D eigenvalue weighted by Crippen LogP contribution is 2.30. The standard InChI is InChI=1S/C20H16N4O2S/c1-13-17-11-18(19(26)22-21-12-14-6-5-9-16(25)10-14)27-20(17)24(23-13)15-7-3-2-4-8-15/h2-12,25H,1H3,(H,22,26)/b21-12-. The van der Waals surface area contributed by atoms with E-state index in [0.717, 1.165) is 21.6 Å². The third-order valence-corrected chi connectivity index (χ3v) is 5.13. The molecule has 0 aliphatic carbocycles. The first kappa shape index (κ1) is 17.0. The van der Waals surface area contributed by atoms with Gasteiger partial charge in [-0.2, -0.15) is 10.2 Å². The van der Waals surface area contributed by atoms with Crippen LogP contribution in [0.4, 0.5) is 0 Å². The third-order valence-electron chi connectivity index (χ3n) is 4.02. The minimum absolute atomic E-state index is 0.149. The monoisotopic (exact) mass is 376 g/mol.